The molecular formula is C28H37N3O2. The molecule has 1 N–H and O–H groups in total. The minimum absolute atomic E-state index is 0.0188. The Labute approximate surface area is 198 Å². The molecule has 0 atom stereocenters. The number of nitrogens with zero attached hydrogens (tertiary/aromatic N) is 2. The molecule has 0 saturated carbocycles. The summed E-state index contributed by atoms with van der Waals surface area (Å²) in [5, 5.41) is 7.63. The highest BCUT2D eigenvalue weighted by Crippen LogP contribution is 2.28. The second-order valence-corrected chi connectivity index (χ2v) is 9.04. The van der Waals surface area contributed by atoms with Gasteiger partial charge in [0.2, 0.25) is 5.91 Å². The first-order chi connectivity index (χ1) is 16.0. The van der Waals surface area contributed by atoms with Crippen molar-refractivity contribution in [1.29, 1.82) is 0 Å². The summed E-state index contributed by atoms with van der Waals surface area (Å²) < 4.78 is 6.31. The zero-order valence-corrected chi connectivity index (χ0v) is 20.0. The molecule has 1 fully saturated rings. The molecule has 1 aliphatic heterocycles. The molecule has 2 aromatic rings. The molecule has 1 amide bonds. The minimum atomic E-state index is 0.0188. The number of rotatable bonds is 12. The minimum Gasteiger partial charge on any atom is -0.488 e. The van der Waals surface area contributed by atoms with Crippen molar-refractivity contribution in [3.05, 3.63) is 90.5 Å². The van der Waals surface area contributed by atoms with E-state index in [0.717, 1.165) is 55.0 Å². The summed E-state index contributed by atoms with van der Waals surface area (Å²) in [7, 11) is 0. The van der Waals surface area contributed by atoms with Crippen LogP contribution in [0.5, 0.6) is 5.75 Å². The van der Waals surface area contributed by atoms with Crippen LogP contribution in [0.3, 0.4) is 0 Å². The molecule has 0 aliphatic carbocycles. The highest BCUT2D eigenvalue weighted by molar-refractivity contribution is 5.80. The standard InChI is InChI=1S/C28H37N3O2/c1-5-15-30-19-26(20-31(30)16-6-2)29-27(32)18-25-14-10-13-24(17-22(3)4)28(25)33-21-23-11-8-7-9-12-23/h5-14,22,26H,1-2,15-21H2,3-4H3,(H,29,32). The summed E-state index contributed by atoms with van der Waals surface area (Å²) >= 11 is 0. The Morgan fingerprint density at radius 2 is 1.67 bits per heavy atom. The third-order valence-corrected chi connectivity index (χ3v) is 5.69. The Morgan fingerprint density at radius 1 is 1.03 bits per heavy atom. The Balaban J connectivity index is 1.70. The lowest BCUT2D eigenvalue weighted by atomic mass is 9.98. The summed E-state index contributed by atoms with van der Waals surface area (Å²) in [6.45, 7) is 15.6. The Bertz CT molecular complexity index is 908. The lowest BCUT2D eigenvalue weighted by Crippen LogP contribution is -2.39. The normalized spacial score (nSPS) is 15.0. The van der Waals surface area contributed by atoms with Gasteiger partial charge in [0.15, 0.2) is 0 Å². The van der Waals surface area contributed by atoms with Crippen LogP contribution in [0.15, 0.2) is 73.8 Å². The molecule has 1 saturated heterocycles. The molecular weight excluding hydrogens is 410 g/mol. The SMILES string of the molecule is C=CCN1CC(NC(=O)Cc2cccc(CC(C)C)c2OCc2ccccc2)CN1CC=C. The number of amides is 1. The van der Waals surface area contributed by atoms with E-state index in [-0.39, 0.29) is 11.9 Å². The maximum Gasteiger partial charge on any atom is 0.224 e. The summed E-state index contributed by atoms with van der Waals surface area (Å²) in [4.78, 5) is 13.0. The van der Waals surface area contributed by atoms with Crippen LogP contribution in [0.1, 0.15) is 30.5 Å². The molecule has 5 heteroatoms. The van der Waals surface area contributed by atoms with Crippen LogP contribution < -0.4 is 10.1 Å². The van der Waals surface area contributed by atoms with Crippen LogP contribution in [-0.2, 0) is 24.2 Å². The highest BCUT2D eigenvalue weighted by atomic mass is 16.5. The van der Waals surface area contributed by atoms with E-state index >= 15 is 0 Å². The summed E-state index contributed by atoms with van der Waals surface area (Å²) in [5.41, 5.74) is 3.20. The molecule has 1 aliphatic rings. The van der Waals surface area contributed by atoms with Gasteiger partial charge in [0.25, 0.3) is 0 Å². The summed E-state index contributed by atoms with van der Waals surface area (Å²) in [5.74, 6) is 1.36. The molecule has 33 heavy (non-hydrogen) atoms. The van der Waals surface area contributed by atoms with Crippen molar-refractivity contribution >= 4 is 5.91 Å². The van der Waals surface area contributed by atoms with E-state index in [0.29, 0.717) is 18.9 Å². The van der Waals surface area contributed by atoms with Gasteiger partial charge in [-0.05, 0) is 23.5 Å². The number of hydrazine groups is 1. The summed E-state index contributed by atoms with van der Waals surface area (Å²) in [6.07, 6.45) is 4.98. The number of carbonyl (C=O) groups excluding carboxylic acids is 1. The van der Waals surface area contributed by atoms with Gasteiger partial charge in [0.1, 0.15) is 12.4 Å². The number of hydrogen-bond donors (Lipinski definition) is 1. The van der Waals surface area contributed by atoms with Gasteiger partial charge in [0.05, 0.1) is 12.5 Å². The molecule has 176 valence electrons. The van der Waals surface area contributed by atoms with E-state index < -0.39 is 0 Å². The predicted octanol–water partition coefficient (Wildman–Crippen LogP) is 4.40. The number of ether oxygens (including phenoxy) is 1. The van der Waals surface area contributed by atoms with Crippen LogP contribution in [0, 0.1) is 5.92 Å². The molecule has 2 aromatic carbocycles. The van der Waals surface area contributed by atoms with Gasteiger partial charge in [-0.15, -0.1) is 13.2 Å². The van der Waals surface area contributed by atoms with Crippen molar-refractivity contribution in [2.45, 2.75) is 39.3 Å². The predicted molar refractivity (Wildman–Crippen MR) is 135 cm³/mol. The fourth-order valence-corrected chi connectivity index (χ4v) is 4.31. The zero-order valence-electron chi connectivity index (χ0n) is 20.0. The van der Waals surface area contributed by atoms with Gasteiger partial charge in [-0.25, -0.2) is 10.0 Å². The number of carbonyl (C=O) groups is 1. The second kappa shape index (κ2) is 12.4. The van der Waals surface area contributed by atoms with E-state index in [1.54, 1.807) is 0 Å². The average molecular weight is 448 g/mol. The molecule has 0 radical (unpaired) electrons. The van der Waals surface area contributed by atoms with Crippen molar-refractivity contribution in [2.75, 3.05) is 26.2 Å². The number of hydrogen-bond acceptors (Lipinski definition) is 4. The van der Waals surface area contributed by atoms with Gasteiger partial charge in [-0.1, -0.05) is 74.5 Å². The van der Waals surface area contributed by atoms with Crippen LogP contribution in [-0.4, -0.2) is 48.1 Å². The summed E-state index contributed by atoms with van der Waals surface area (Å²) in [6, 6.07) is 16.4. The van der Waals surface area contributed by atoms with E-state index in [4.69, 9.17) is 4.74 Å². The maximum atomic E-state index is 13.0. The number of para-hydroxylation sites is 1. The second-order valence-electron chi connectivity index (χ2n) is 9.04. The van der Waals surface area contributed by atoms with Crippen LogP contribution in [0.4, 0.5) is 0 Å². The first-order valence-electron chi connectivity index (χ1n) is 11.8. The van der Waals surface area contributed by atoms with E-state index in [1.165, 1.54) is 0 Å². The lowest BCUT2D eigenvalue weighted by molar-refractivity contribution is -0.121. The van der Waals surface area contributed by atoms with Crippen LogP contribution in [0.25, 0.3) is 0 Å². The van der Waals surface area contributed by atoms with Crippen molar-refractivity contribution in [3.8, 4) is 5.75 Å². The molecule has 0 spiro atoms. The van der Waals surface area contributed by atoms with Crippen molar-refractivity contribution in [3.63, 3.8) is 0 Å². The first-order valence-corrected chi connectivity index (χ1v) is 11.8. The molecule has 5 nitrogen and oxygen atoms in total. The monoisotopic (exact) mass is 447 g/mol. The fourth-order valence-electron chi connectivity index (χ4n) is 4.31. The molecule has 1 heterocycles. The van der Waals surface area contributed by atoms with Gasteiger partial charge in [-0.2, -0.15) is 0 Å². The molecule has 3 rings (SSSR count). The third-order valence-electron chi connectivity index (χ3n) is 5.69. The van der Waals surface area contributed by atoms with Gasteiger partial charge < -0.3 is 10.1 Å². The van der Waals surface area contributed by atoms with Gasteiger partial charge in [-0.3, -0.25) is 4.79 Å². The Hall–Kier alpha value is -2.89. The quantitative estimate of drug-likeness (QED) is 0.490. The van der Waals surface area contributed by atoms with Gasteiger partial charge >= 0.3 is 0 Å². The maximum absolute atomic E-state index is 13.0. The van der Waals surface area contributed by atoms with Crippen molar-refractivity contribution < 1.29 is 9.53 Å². The fraction of sp³-hybridized carbons (Fsp3) is 0.393. The third kappa shape index (κ3) is 7.31. The Morgan fingerprint density at radius 3 is 2.27 bits per heavy atom. The molecule has 0 bridgehead atoms. The number of nitrogens with one attached hydrogen (secondary N) is 1. The lowest BCUT2D eigenvalue weighted by Gasteiger charge is -2.24. The zero-order chi connectivity index (χ0) is 23.6. The van der Waals surface area contributed by atoms with E-state index in [1.807, 2.05) is 42.5 Å². The van der Waals surface area contributed by atoms with Crippen LogP contribution in [0.2, 0.25) is 0 Å². The van der Waals surface area contributed by atoms with Crippen LogP contribution >= 0.6 is 0 Å². The molecule has 0 unspecified atom stereocenters. The Kier molecular flexibility index (Phi) is 9.28. The smallest absolute Gasteiger partial charge is 0.224 e. The van der Waals surface area contributed by atoms with Gasteiger partial charge in [0, 0.05) is 31.7 Å². The first kappa shape index (κ1) is 24.7. The average Bonchev–Trinajstić information content (AvgIpc) is 3.14. The van der Waals surface area contributed by atoms with E-state index in [2.05, 4.69) is 60.5 Å². The number of benzene rings is 2. The molecule has 0 aromatic heterocycles. The van der Waals surface area contributed by atoms with E-state index in [9.17, 15) is 4.79 Å². The highest BCUT2D eigenvalue weighted by Gasteiger charge is 2.29. The van der Waals surface area contributed by atoms with Crippen molar-refractivity contribution in [1.82, 2.24) is 15.3 Å². The largest absolute Gasteiger partial charge is 0.488 e. The van der Waals surface area contributed by atoms with Crippen molar-refractivity contribution in [2.24, 2.45) is 5.92 Å². The topological polar surface area (TPSA) is 44.8 Å².